The van der Waals surface area contributed by atoms with Crippen LogP contribution in [0.25, 0.3) is 0 Å². The van der Waals surface area contributed by atoms with Gasteiger partial charge in [0.15, 0.2) is 11.6 Å². The number of ketones is 2. The van der Waals surface area contributed by atoms with Gasteiger partial charge in [0.1, 0.15) is 23.0 Å². The molecule has 0 radical (unpaired) electrons. The fourth-order valence-electron chi connectivity index (χ4n) is 3.89. The smallest absolute Gasteiger partial charge is 0.196 e. The van der Waals surface area contributed by atoms with Crippen LogP contribution in [0.2, 0.25) is 0 Å². The maximum absolute atomic E-state index is 12.9. The molecule has 0 aliphatic carbocycles. The van der Waals surface area contributed by atoms with Crippen LogP contribution in [-0.2, 0) is 6.42 Å². The first-order chi connectivity index (χ1) is 16.9. The minimum absolute atomic E-state index is 0.0701. The first-order valence-electron chi connectivity index (χ1n) is 10.9. The number of benzene rings is 4. The summed E-state index contributed by atoms with van der Waals surface area (Å²) in [5, 5.41) is 21.2. The molecule has 0 spiro atoms. The number of hydrogen-bond acceptors (Lipinski definition) is 6. The van der Waals surface area contributed by atoms with Gasteiger partial charge in [-0.25, -0.2) is 0 Å². The summed E-state index contributed by atoms with van der Waals surface area (Å²) in [4.78, 5) is 25.8. The molecule has 0 atom stereocenters. The topological polar surface area (TPSA) is 93.1 Å². The number of ether oxygens (including phenoxy) is 2. The van der Waals surface area contributed by atoms with Crippen LogP contribution < -0.4 is 9.47 Å². The van der Waals surface area contributed by atoms with Crippen molar-refractivity contribution < 1.29 is 29.3 Å². The first-order valence-corrected chi connectivity index (χ1v) is 10.9. The zero-order valence-corrected chi connectivity index (χ0v) is 19.3. The van der Waals surface area contributed by atoms with E-state index in [1.165, 1.54) is 26.4 Å². The Morgan fingerprint density at radius 1 is 0.629 bits per heavy atom. The molecule has 6 heteroatoms. The van der Waals surface area contributed by atoms with Crippen molar-refractivity contribution in [3.63, 3.8) is 0 Å². The van der Waals surface area contributed by atoms with Crippen molar-refractivity contribution in [2.75, 3.05) is 14.2 Å². The fourth-order valence-corrected chi connectivity index (χ4v) is 3.89. The van der Waals surface area contributed by atoms with E-state index < -0.39 is 0 Å². The SMILES string of the molecule is COc1ccccc1C(=O)c1ccc(Cc2ccc(C(=O)c3ccccc3OC)cc2O)c(O)c1. The van der Waals surface area contributed by atoms with Gasteiger partial charge in [-0.1, -0.05) is 48.5 Å². The minimum atomic E-state index is -0.272. The van der Waals surface area contributed by atoms with Crippen LogP contribution in [0, 0.1) is 0 Å². The molecule has 0 unspecified atom stereocenters. The van der Waals surface area contributed by atoms with Gasteiger partial charge in [0.25, 0.3) is 0 Å². The molecule has 0 aromatic heterocycles. The fraction of sp³-hybridized carbons (Fsp3) is 0.103. The van der Waals surface area contributed by atoms with Crippen LogP contribution in [0.15, 0.2) is 84.9 Å². The van der Waals surface area contributed by atoms with Crippen LogP contribution in [0.1, 0.15) is 43.0 Å². The van der Waals surface area contributed by atoms with Crippen molar-refractivity contribution in [2.24, 2.45) is 0 Å². The van der Waals surface area contributed by atoms with Gasteiger partial charge < -0.3 is 19.7 Å². The van der Waals surface area contributed by atoms with Gasteiger partial charge in [-0.2, -0.15) is 0 Å². The predicted octanol–water partition coefficient (Wildman–Crippen LogP) is 5.17. The molecular formula is C29H24O6. The Morgan fingerprint density at radius 2 is 1.03 bits per heavy atom. The number of carbonyl (C=O) groups excluding carboxylic acids is 2. The van der Waals surface area contributed by atoms with Gasteiger partial charge in [0, 0.05) is 17.5 Å². The van der Waals surface area contributed by atoms with Gasteiger partial charge in [-0.3, -0.25) is 9.59 Å². The summed E-state index contributed by atoms with van der Waals surface area (Å²) in [6, 6.07) is 23.1. The zero-order valence-electron chi connectivity index (χ0n) is 19.3. The summed E-state index contributed by atoms with van der Waals surface area (Å²) in [7, 11) is 2.99. The number of hydrogen-bond donors (Lipinski definition) is 2. The first kappa shape index (κ1) is 23.6. The van der Waals surface area contributed by atoms with Crippen LogP contribution in [-0.4, -0.2) is 36.0 Å². The summed E-state index contributed by atoms with van der Waals surface area (Å²) in [6.07, 6.45) is 0.212. The van der Waals surface area contributed by atoms with Crippen LogP contribution in [0.3, 0.4) is 0 Å². The third-order valence-electron chi connectivity index (χ3n) is 5.78. The third kappa shape index (κ3) is 4.87. The zero-order chi connectivity index (χ0) is 24.9. The summed E-state index contributed by atoms with van der Waals surface area (Å²) in [5.41, 5.74) is 2.49. The molecule has 2 N–H and O–H groups in total. The molecule has 4 aromatic rings. The third-order valence-corrected chi connectivity index (χ3v) is 5.78. The molecule has 4 rings (SSSR count). The second-order valence-electron chi connectivity index (χ2n) is 7.92. The van der Waals surface area contributed by atoms with Crippen molar-refractivity contribution >= 4 is 11.6 Å². The van der Waals surface area contributed by atoms with E-state index in [9.17, 15) is 19.8 Å². The Hall–Kier alpha value is -4.58. The summed E-state index contributed by atoms with van der Waals surface area (Å²) in [6.45, 7) is 0. The Bertz CT molecular complexity index is 1300. The molecule has 0 fully saturated rings. The van der Waals surface area contributed by atoms with Crippen molar-refractivity contribution in [2.45, 2.75) is 6.42 Å². The average molecular weight is 469 g/mol. The van der Waals surface area contributed by atoms with Gasteiger partial charge >= 0.3 is 0 Å². The van der Waals surface area contributed by atoms with E-state index in [0.717, 1.165) is 0 Å². The lowest BCUT2D eigenvalue weighted by molar-refractivity contribution is 0.102. The molecule has 176 valence electrons. The number of rotatable bonds is 8. The Morgan fingerprint density at radius 3 is 1.40 bits per heavy atom. The lowest BCUT2D eigenvalue weighted by atomic mass is 9.96. The van der Waals surface area contributed by atoms with Crippen LogP contribution >= 0.6 is 0 Å². The highest BCUT2D eigenvalue weighted by Crippen LogP contribution is 2.30. The molecule has 0 aliphatic heterocycles. The molecule has 0 amide bonds. The Kier molecular flexibility index (Phi) is 6.83. The summed E-state index contributed by atoms with van der Waals surface area (Å²) < 4.78 is 10.5. The molecule has 35 heavy (non-hydrogen) atoms. The van der Waals surface area contributed by atoms with Crippen molar-refractivity contribution in [1.29, 1.82) is 0 Å². The highest BCUT2D eigenvalue weighted by molar-refractivity contribution is 6.11. The van der Waals surface area contributed by atoms with Crippen molar-refractivity contribution in [1.82, 2.24) is 0 Å². The van der Waals surface area contributed by atoms with Crippen molar-refractivity contribution in [3.05, 3.63) is 118 Å². The molecule has 4 aromatic carbocycles. The van der Waals surface area contributed by atoms with Crippen molar-refractivity contribution in [3.8, 4) is 23.0 Å². The molecular weight excluding hydrogens is 444 g/mol. The highest BCUT2D eigenvalue weighted by atomic mass is 16.5. The molecule has 0 aliphatic rings. The largest absolute Gasteiger partial charge is 0.508 e. The highest BCUT2D eigenvalue weighted by Gasteiger charge is 2.18. The molecule has 0 saturated heterocycles. The monoisotopic (exact) mass is 468 g/mol. The predicted molar refractivity (Wildman–Crippen MR) is 132 cm³/mol. The normalized spacial score (nSPS) is 10.6. The van der Waals surface area contributed by atoms with E-state index in [1.54, 1.807) is 72.8 Å². The maximum Gasteiger partial charge on any atom is 0.196 e. The number of phenols is 2. The second kappa shape index (κ2) is 10.1. The van der Waals surface area contributed by atoms with E-state index in [1.807, 2.05) is 0 Å². The number of phenolic OH excluding ortho intramolecular Hbond substituents is 2. The number of aromatic hydroxyl groups is 2. The second-order valence-corrected chi connectivity index (χ2v) is 7.92. The van der Waals surface area contributed by atoms with Gasteiger partial charge in [0.05, 0.1) is 25.3 Å². The average Bonchev–Trinajstić information content (AvgIpc) is 2.89. The van der Waals surface area contributed by atoms with Gasteiger partial charge in [-0.15, -0.1) is 0 Å². The molecule has 6 nitrogen and oxygen atoms in total. The quantitative estimate of drug-likeness (QED) is 0.347. The minimum Gasteiger partial charge on any atom is -0.508 e. The molecule has 0 bridgehead atoms. The van der Waals surface area contributed by atoms with Crippen LogP contribution in [0.4, 0.5) is 0 Å². The van der Waals surface area contributed by atoms with Gasteiger partial charge in [-0.05, 0) is 47.5 Å². The lowest BCUT2D eigenvalue weighted by Crippen LogP contribution is -2.05. The number of para-hydroxylation sites is 2. The number of methoxy groups -OCH3 is 2. The molecule has 0 saturated carbocycles. The van der Waals surface area contributed by atoms with Gasteiger partial charge in [0.2, 0.25) is 0 Å². The van der Waals surface area contributed by atoms with E-state index in [2.05, 4.69) is 0 Å². The standard InChI is InChI=1S/C29H24O6/c1-34-26-9-5-3-7-22(26)28(32)20-13-11-18(24(30)16-20)15-19-12-14-21(17-25(19)31)29(33)23-8-4-6-10-27(23)35-2/h3-14,16-17,30-31H,15H2,1-2H3. The van der Waals surface area contributed by atoms with Crippen LogP contribution in [0.5, 0.6) is 23.0 Å². The van der Waals surface area contributed by atoms with E-state index in [-0.39, 0.29) is 29.5 Å². The Labute approximate surface area is 203 Å². The number of carbonyl (C=O) groups is 2. The summed E-state index contributed by atoms with van der Waals surface area (Å²) in [5.74, 6) is 0.221. The molecule has 0 heterocycles. The van der Waals surface area contributed by atoms with E-state index >= 15 is 0 Å². The van der Waals surface area contributed by atoms with E-state index in [4.69, 9.17) is 9.47 Å². The van der Waals surface area contributed by atoms with E-state index in [0.29, 0.717) is 44.9 Å². The maximum atomic E-state index is 12.9. The Balaban J connectivity index is 1.56. The lowest BCUT2D eigenvalue weighted by Gasteiger charge is -2.11. The summed E-state index contributed by atoms with van der Waals surface area (Å²) >= 11 is 0.